The predicted molar refractivity (Wildman–Crippen MR) is 67.5 cm³/mol. The molecule has 6 heteroatoms. The van der Waals surface area contributed by atoms with Gasteiger partial charge in [-0.2, -0.15) is 0 Å². The Labute approximate surface area is 107 Å². The SMILES string of the molecule is Cc1ccc(F)cc1Nc1cc(F)cc([N+](=O)[O-])c1. The summed E-state index contributed by atoms with van der Waals surface area (Å²) in [5.74, 6) is -1.18. The highest BCUT2D eigenvalue weighted by atomic mass is 19.1. The molecule has 19 heavy (non-hydrogen) atoms. The Kier molecular flexibility index (Phi) is 3.41. The van der Waals surface area contributed by atoms with Gasteiger partial charge in [0.2, 0.25) is 0 Å². The van der Waals surface area contributed by atoms with Gasteiger partial charge < -0.3 is 5.32 Å². The van der Waals surface area contributed by atoms with Gasteiger partial charge in [-0.15, -0.1) is 0 Å². The van der Waals surface area contributed by atoms with Crippen molar-refractivity contribution in [1.29, 1.82) is 0 Å². The van der Waals surface area contributed by atoms with Crippen LogP contribution in [0.4, 0.5) is 25.8 Å². The third-order valence-electron chi connectivity index (χ3n) is 2.57. The summed E-state index contributed by atoms with van der Waals surface area (Å²) >= 11 is 0. The molecule has 0 saturated heterocycles. The van der Waals surface area contributed by atoms with Crippen LogP contribution in [0.3, 0.4) is 0 Å². The molecular formula is C13H10F2N2O2. The van der Waals surface area contributed by atoms with E-state index in [0.717, 1.165) is 17.7 Å². The maximum Gasteiger partial charge on any atom is 0.274 e. The maximum atomic E-state index is 13.3. The zero-order chi connectivity index (χ0) is 14.0. The van der Waals surface area contributed by atoms with Gasteiger partial charge in [0.15, 0.2) is 0 Å². The van der Waals surface area contributed by atoms with Crippen LogP contribution in [0.1, 0.15) is 5.56 Å². The van der Waals surface area contributed by atoms with E-state index in [9.17, 15) is 18.9 Å². The summed E-state index contributed by atoms with van der Waals surface area (Å²) in [6.07, 6.45) is 0. The number of nitro benzene ring substituents is 1. The Hall–Kier alpha value is -2.50. The second-order valence-electron chi connectivity index (χ2n) is 4.04. The number of benzene rings is 2. The van der Waals surface area contributed by atoms with Crippen LogP contribution in [-0.2, 0) is 0 Å². The summed E-state index contributed by atoms with van der Waals surface area (Å²) in [5.41, 5.74) is 1.00. The summed E-state index contributed by atoms with van der Waals surface area (Å²) in [7, 11) is 0. The first kappa shape index (κ1) is 12.9. The number of rotatable bonds is 3. The van der Waals surface area contributed by atoms with Crippen LogP contribution < -0.4 is 5.32 Å². The number of nitrogens with one attached hydrogen (secondary N) is 1. The molecule has 1 N–H and O–H groups in total. The molecule has 0 saturated carbocycles. The molecule has 0 heterocycles. The molecule has 0 bridgehead atoms. The van der Waals surface area contributed by atoms with E-state index in [0.29, 0.717) is 5.69 Å². The van der Waals surface area contributed by atoms with Crippen LogP contribution >= 0.6 is 0 Å². The van der Waals surface area contributed by atoms with Gasteiger partial charge in [0.1, 0.15) is 11.6 Å². The molecule has 98 valence electrons. The standard InChI is InChI=1S/C13H10F2N2O2/c1-8-2-3-9(14)6-13(8)16-11-4-10(15)5-12(7-11)17(18)19/h2-7,16H,1H3. The van der Waals surface area contributed by atoms with Crippen molar-refractivity contribution >= 4 is 17.1 Å². The molecule has 0 atom stereocenters. The van der Waals surface area contributed by atoms with Crippen molar-refractivity contribution in [2.45, 2.75) is 6.92 Å². The second-order valence-corrected chi connectivity index (χ2v) is 4.04. The molecule has 0 aliphatic heterocycles. The Morgan fingerprint density at radius 3 is 2.53 bits per heavy atom. The number of hydrogen-bond donors (Lipinski definition) is 1. The van der Waals surface area contributed by atoms with Gasteiger partial charge in [0.05, 0.1) is 11.0 Å². The Balaban J connectivity index is 2.38. The van der Waals surface area contributed by atoms with Crippen molar-refractivity contribution in [1.82, 2.24) is 0 Å². The first-order chi connectivity index (χ1) is 8.95. The molecule has 2 aromatic carbocycles. The van der Waals surface area contributed by atoms with Crippen molar-refractivity contribution in [2.24, 2.45) is 0 Å². The van der Waals surface area contributed by atoms with Gasteiger partial charge in [-0.1, -0.05) is 6.07 Å². The van der Waals surface area contributed by atoms with Crippen LogP contribution in [0.2, 0.25) is 0 Å². The van der Waals surface area contributed by atoms with Crippen molar-refractivity contribution in [2.75, 3.05) is 5.32 Å². The smallest absolute Gasteiger partial charge is 0.274 e. The highest BCUT2D eigenvalue weighted by molar-refractivity contribution is 5.65. The molecule has 0 unspecified atom stereocenters. The van der Waals surface area contributed by atoms with Crippen molar-refractivity contribution in [3.63, 3.8) is 0 Å². The summed E-state index contributed by atoms with van der Waals surface area (Å²) < 4.78 is 26.4. The monoisotopic (exact) mass is 264 g/mol. The van der Waals surface area contributed by atoms with E-state index < -0.39 is 16.6 Å². The minimum Gasteiger partial charge on any atom is -0.355 e. The van der Waals surface area contributed by atoms with Crippen molar-refractivity contribution < 1.29 is 13.7 Å². The number of halogens is 2. The van der Waals surface area contributed by atoms with Crippen LogP contribution in [-0.4, -0.2) is 4.92 Å². The highest BCUT2D eigenvalue weighted by Gasteiger charge is 2.10. The van der Waals surface area contributed by atoms with E-state index in [1.807, 2.05) is 0 Å². The summed E-state index contributed by atoms with van der Waals surface area (Å²) in [5, 5.41) is 13.4. The van der Waals surface area contributed by atoms with Crippen LogP contribution in [0, 0.1) is 28.7 Å². The lowest BCUT2D eigenvalue weighted by Gasteiger charge is -2.09. The summed E-state index contributed by atoms with van der Waals surface area (Å²) in [6, 6.07) is 7.22. The normalized spacial score (nSPS) is 10.3. The number of nitro groups is 1. The Bertz CT molecular complexity index is 645. The van der Waals surface area contributed by atoms with E-state index in [4.69, 9.17) is 0 Å². The molecule has 0 aliphatic rings. The van der Waals surface area contributed by atoms with E-state index in [1.54, 1.807) is 13.0 Å². The third kappa shape index (κ3) is 3.04. The highest BCUT2D eigenvalue weighted by Crippen LogP contribution is 2.25. The predicted octanol–water partition coefficient (Wildman–Crippen LogP) is 3.93. The zero-order valence-electron chi connectivity index (χ0n) is 9.98. The molecule has 2 rings (SSSR count). The Morgan fingerprint density at radius 2 is 1.84 bits per heavy atom. The minimum absolute atomic E-state index is 0.195. The fourth-order valence-corrected chi connectivity index (χ4v) is 1.64. The van der Waals surface area contributed by atoms with Crippen LogP contribution in [0.15, 0.2) is 36.4 Å². The largest absolute Gasteiger partial charge is 0.355 e. The van der Waals surface area contributed by atoms with Crippen LogP contribution in [0.5, 0.6) is 0 Å². The average Bonchev–Trinajstić information content (AvgIpc) is 2.33. The molecule has 0 aromatic heterocycles. The first-order valence-electron chi connectivity index (χ1n) is 5.44. The molecule has 4 nitrogen and oxygen atoms in total. The average molecular weight is 264 g/mol. The van der Waals surface area contributed by atoms with Gasteiger partial charge in [0.25, 0.3) is 5.69 Å². The number of non-ortho nitro benzene ring substituents is 1. The molecule has 0 amide bonds. The number of nitrogens with zero attached hydrogens (tertiary/aromatic N) is 1. The van der Waals surface area contributed by atoms with Gasteiger partial charge in [-0.05, 0) is 30.7 Å². The molecule has 0 spiro atoms. The van der Waals surface area contributed by atoms with E-state index in [-0.39, 0.29) is 11.4 Å². The molecule has 2 aromatic rings. The third-order valence-corrected chi connectivity index (χ3v) is 2.57. The van der Waals surface area contributed by atoms with Gasteiger partial charge in [0, 0.05) is 17.4 Å². The Morgan fingerprint density at radius 1 is 1.11 bits per heavy atom. The number of hydrogen-bond acceptors (Lipinski definition) is 3. The maximum absolute atomic E-state index is 13.3. The summed E-state index contributed by atoms with van der Waals surface area (Å²) in [4.78, 5) is 9.94. The molecular weight excluding hydrogens is 254 g/mol. The molecule has 0 radical (unpaired) electrons. The lowest BCUT2D eigenvalue weighted by atomic mass is 10.2. The molecule has 0 aliphatic carbocycles. The van der Waals surface area contributed by atoms with E-state index in [2.05, 4.69) is 5.32 Å². The van der Waals surface area contributed by atoms with E-state index >= 15 is 0 Å². The fourth-order valence-electron chi connectivity index (χ4n) is 1.64. The lowest BCUT2D eigenvalue weighted by Crippen LogP contribution is -1.97. The van der Waals surface area contributed by atoms with Crippen LogP contribution in [0.25, 0.3) is 0 Å². The van der Waals surface area contributed by atoms with E-state index in [1.165, 1.54) is 18.2 Å². The number of aryl methyl sites for hydroxylation is 1. The fraction of sp³-hybridized carbons (Fsp3) is 0.0769. The van der Waals surface area contributed by atoms with Gasteiger partial charge >= 0.3 is 0 Å². The van der Waals surface area contributed by atoms with Crippen molar-refractivity contribution in [3.05, 3.63) is 63.7 Å². The second kappa shape index (κ2) is 5.01. The lowest BCUT2D eigenvalue weighted by molar-refractivity contribution is -0.385. The van der Waals surface area contributed by atoms with Gasteiger partial charge in [-0.25, -0.2) is 8.78 Å². The minimum atomic E-state index is -0.731. The van der Waals surface area contributed by atoms with Gasteiger partial charge in [-0.3, -0.25) is 10.1 Å². The first-order valence-corrected chi connectivity index (χ1v) is 5.44. The topological polar surface area (TPSA) is 55.2 Å². The van der Waals surface area contributed by atoms with Crippen molar-refractivity contribution in [3.8, 4) is 0 Å². The molecule has 0 fully saturated rings. The quantitative estimate of drug-likeness (QED) is 0.675. The summed E-state index contributed by atoms with van der Waals surface area (Å²) in [6.45, 7) is 1.75. The number of anilines is 2. The zero-order valence-corrected chi connectivity index (χ0v) is 9.98.